The lowest BCUT2D eigenvalue weighted by Gasteiger charge is -2.06. The molecule has 108 valence electrons. The van der Waals surface area contributed by atoms with Gasteiger partial charge in [-0.05, 0) is 20.3 Å². The first kappa shape index (κ1) is 16.1. The predicted octanol–water partition coefficient (Wildman–Crippen LogP) is 2.68. The molecule has 4 nitrogen and oxygen atoms in total. The second-order valence-electron chi connectivity index (χ2n) is 4.81. The van der Waals surface area contributed by atoms with Gasteiger partial charge in [0.25, 0.3) is 5.91 Å². The molecule has 0 N–H and O–H groups in total. The van der Waals surface area contributed by atoms with Gasteiger partial charge in [0.1, 0.15) is 0 Å². The highest BCUT2D eigenvalue weighted by molar-refractivity contribution is 7.09. The Morgan fingerprint density at radius 1 is 1.47 bits per heavy atom. The van der Waals surface area contributed by atoms with E-state index in [2.05, 4.69) is 30.3 Å². The minimum absolute atomic E-state index is 0.00332. The van der Waals surface area contributed by atoms with E-state index in [0.717, 1.165) is 29.9 Å². The van der Waals surface area contributed by atoms with E-state index in [4.69, 9.17) is 4.74 Å². The maximum Gasteiger partial charge on any atom is 0.251 e. The number of carbonyl (C=O) groups is 1. The Labute approximate surface area is 119 Å². The van der Waals surface area contributed by atoms with E-state index in [0.29, 0.717) is 6.61 Å². The van der Waals surface area contributed by atoms with Gasteiger partial charge in [0, 0.05) is 30.1 Å². The quantitative estimate of drug-likeness (QED) is 0.806. The molecule has 0 aliphatic carbocycles. The van der Waals surface area contributed by atoms with Crippen LogP contribution < -0.4 is 4.80 Å². The minimum Gasteiger partial charge on any atom is -0.383 e. The van der Waals surface area contributed by atoms with E-state index in [1.54, 1.807) is 18.4 Å². The Balaban J connectivity index is 3.04. The molecule has 0 bridgehead atoms. The van der Waals surface area contributed by atoms with Crippen molar-refractivity contribution in [1.82, 2.24) is 4.57 Å². The van der Waals surface area contributed by atoms with Gasteiger partial charge in [0.15, 0.2) is 4.80 Å². The van der Waals surface area contributed by atoms with E-state index in [-0.39, 0.29) is 11.8 Å². The summed E-state index contributed by atoms with van der Waals surface area (Å²) in [5.74, 6) is -0.0159. The number of methoxy groups -OCH3 is 1. The Bertz CT molecular complexity index is 488. The molecule has 1 heterocycles. The van der Waals surface area contributed by atoms with Crippen LogP contribution in [0.3, 0.4) is 0 Å². The van der Waals surface area contributed by atoms with Crippen LogP contribution in [0.1, 0.15) is 37.3 Å². The molecule has 5 heteroatoms. The summed E-state index contributed by atoms with van der Waals surface area (Å²) in [4.78, 5) is 18.3. The number of carbonyl (C=O) groups excluding carboxylic acids is 1. The third kappa shape index (κ3) is 4.28. The summed E-state index contributed by atoms with van der Waals surface area (Å²) in [6.07, 6.45) is 1.90. The molecule has 0 saturated carbocycles. The number of aromatic nitrogens is 1. The molecular formula is C14H24N2O2S. The van der Waals surface area contributed by atoms with E-state index < -0.39 is 0 Å². The van der Waals surface area contributed by atoms with Gasteiger partial charge >= 0.3 is 0 Å². The van der Waals surface area contributed by atoms with Crippen LogP contribution in [0.4, 0.5) is 0 Å². The van der Waals surface area contributed by atoms with E-state index in [1.165, 1.54) is 4.88 Å². The summed E-state index contributed by atoms with van der Waals surface area (Å²) >= 11 is 1.58. The topological polar surface area (TPSA) is 43.6 Å². The predicted molar refractivity (Wildman–Crippen MR) is 78.3 cm³/mol. The summed E-state index contributed by atoms with van der Waals surface area (Å²) in [6, 6.07) is 0. The van der Waals surface area contributed by atoms with Crippen LogP contribution >= 0.6 is 11.3 Å². The summed E-state index contributed by atoms with van der Waals surface area (Å²) in [5, 5.41) is 0. The molecule has 1 aromatic heterocycles. The lowest BCUT2D eigenvalue weighted by molar-refractivity contribution is -0.121. The third-order valence-electron chi connectivity index (χ3n) is 3.26. The van der Waals surface area contributed by atoms with Gasteiger partial charge in [-0.25, -0.2) is 0 Å². The molecule has 0 aromatic carbocycles. The standard InChI is InChI=1S/C14H24N2O2S/c1-6-7-10(2)13(17)15-14-16(8-9-18-5)11(3)12(4)19-14/h10H,6-9H2,1-5H3. The molecule has 0 radical (unpaired) electrons. The average molecular weight is 284 g/mol. The number of hydrogen-bond donors (Lipinski definition) is 0. The number of rotatable bonds is 6. The largest absolute Gasteiger partial charge is 0.383 e. The Kier molecular flexibility index (Phi) is 6.45. The molecule has 1 aromatic rings. The van der Waals surface area contributed by atoms with Crippen molar-refractivity contribution in [1.29, 1.82) is 0 Å². The van der Waals surface area contributed by atoms with Crippen molar-refractivity contribution < 1.29 is 9.53 Å². The fourth-order valence-corrected chi connectivity index (χ4v) is 2.90. The number of thiazole rings is 1. The summed E-state index contributed by atoms with van der Waals surface area (Å²) in [6.45, 7) is 9.51. The molecule has 19 heavy (non-hydrogen) atoms. The number of aryl methyl sites for hydroxylation is 1. The Hall–Kier alpha value is -0.940. The average Bonchev–Trinajstić information content (AvgIpc) is 2.63. The number of amides is 1. The lowest BCUT2D eigenvalue weighted by atomic mass is 10.1. The van der Waals surface area contributed by atoms with Crippen molar-refractivity contribution in [3.63, 3.8) is 0 Å². The van der Waals surface area contributed by atoms with Gasteiger partial charge in [-0.15, -0.1) is 11.3 Å². The second kappa shape index (κ2) is 7.60. The zero-order valence-electron chi connectivity index (χ0n) is 12.5. The summed E-state index contributed by atoms with van der Waals surface area (Å²) in [5.41, 5.74) is 1.16. The van der Waals surface area contributed by atoms with Crippen LogP contribution in [0, 0.1) is 19.8 Å². The molecule has 1 amide bonds. The fourth-order valence-electron chi connectivity index (χ4n) is 1.89. The van der Waals surface area contributed by atoms with Crippen LogP contribution in [0.15, 0.2) is 4.99 Å². The smallest absolute Gasteiger partial charge is 0.251 e. The highest BCUT2D eigenvalue weighted by atomic mass is 32.1. The van der Waals surface area contributed by atoms with Crippen LogP contribution in [-0.4, -0.2) is 24.2 Å². The first-order valence-electron chi connectivity index (χ1n) is 6.75. The molecule has 0 spiro atoms. The molecular weight excluding hydrogens is 260 g/mol. The number of nitrogens with zero attached hydrogens (tertiary/aromatic N) is 2. The molecule has 0 aliphatic rings. The summed E-state index contributed by atoms with van der Waals surface area (Å²) in [7, 11) is 1.68. The van der Waals surface area contributed by atoms with Crippen LogP contribution in [0.25, 0.3) is 0 Å². The van der Waals surface area contributed by atoms with Gasteiger partial charge in [-0.1, -0.05) is 20.3 Å². The SMILES string of the molecule is CCCC(C)C(=O)N=c1sc(C)c(C)n1CCOC. The van der Waals surface area contributed by atoms with Crippen molar-refractivity contribution >= 4 is 17.2 Å². The molecule has 1 unspecified atom stereocenters. The van der Waals surface area contributed by atoms with Gasteiger partial charge in [-0.2, -0.15) is 4.99 Å². The Morgan fingerprint density at radius 3 is 2.74 bits per heavy atom. The van der Waals surface area contributed by atoms with Gasteiger partial charge in [0.2, 0.25) is 0 Å². The molecule has 0 saturated heterocycles. The van der Waals surface area contributed by atoms with Gasteiger partial charge in [0.05, 0.1) is 6.61 Å². The monoisotopic (exact) mass is 284 g/mol. The maximum absolute atomic E-state index is 12.0. The fraction of sp³-hybridized carbons (Fsp3) is 0.714. The zero-order valence-corrected chi connectivity index (χ0v) is 13.3. The minimum atomic E-state index is -0.0192. The zero-order chi connectivity index (χ0) is 14.4. The summed E-state index contributed by atoms with van der Waals surface area (Å²) < 4.78 is 7.18. The first-order valence-corrected chi connectivity index (χ1v) is 7.57. The Morgan fingerprint density at radius 2 is 2.16 bits per heavy atom. The van der Waals surface area contributed by atoms with Crippen molar-refractivity contribution in [3.05, 3.63) is 15.4 Å². The van der Waals surface area contributed by atoms with Crippen LogP contribution in [0.5, 0.6) is 0 Å². The van der Waals surface area contributed by atoms with E-state index >= 15 is 0 Å². The molecule has 0 fully saturated rings. The highest BCUT2D eigenvalue weighted by Gasteiger charge is 2.12. The number of hydrogen-bond acceptors (Lipinski definition) is 3. The second-order valence-corrected chi connectivity index (χ2v) is 5.99. The van der Waals surface area contributed by atoms with Crippen molar-refractivity contribution in [2.45, 2.75) is 47.1 Å². The first-order chi connectivity index (χ1) is 9.01. The highest BCUT2D eigenvalue weighted by Crippen LogP contribution is 2.11. The third-order valence-corrected chi connectivity index (χ3v) is 4.35. The normalized spacial score (nSPS) is 13.8. The maximum atomic E-state index is 12.0. The van der Waals surface area contributed by atoms with Gasteiger partial charge in [-0.3, -0.25) is 4.79 Å². The molecule has 1 rings (SSSR count). The van der Waals surface area contributed by atoms with Crippen LogP contribution in [-0.2, 0) is 16.1 Å². The van der Waals surface area contributed by atoms with Crippen molar-refractivity contribution in [3.8, 4) is 0 Å². The van der Waals surface area contributed by atoms with E-state index in [1.807, 2.05) is 6.92 Å². The number of ether oxygens (including phenoxy) is 1. The van der Waals surface area contributed by atoms with Crippen molar-refractivity contribution in [2.24, 2.45) is 10.9 Å². The molecule has 0 aliphatic heterocycles. The van der Waals surface area contributed by atoms with Crippen LogP contribution in [0.2, 0.25) is 0 Å². The lowest BCUT2D eigenvalue weighted by Crippen LogP contribution is -2.22. The molecule has 1 atom stereocenters. The van der Waals surface area contributed by atoms with E-state index in [9.17, 15) is 4.79 Å². The van der Waals surface area contributed by atoms with Crippen molar-refractivity contribution in [2.75, 3.05) is 13.7 Å². The van der Waals surface area contributed by atoms with Gasteiger partial charge < -0.3 is 9.30 Å².